The molecule has 2 aromatic carbocycles. The number of benzene rings is 2. The van der Waals surface area contributed by atoms with Crippen LogP contribution in [0.3, 0.4) is 0 Å². The monoisotopic (exact) mass is 512 g/mol. The highest BCUT2D eigenvalue weighted by atomic mass is 16.5. The minimum Gasteiger partial charge on any atom is -0.507 e. The van der Waals surface area contributed by atoms with E-state index in [4.69, 9.17) is 4.74 Å². The lowest BCUT2D eigenvalue weighted by molar-refractivity contribution is 0.102. The first kappa shape index (κ1) is 25.4. The number of phenols is 1. The van der Waals surface area contributed by atoms with Gasteiger partial charge in [0.2, 0.25) is 5.95 Å². The number of hydrogen-bond acceptors (Lipinski definition) is 8. The maximum absolute atomic E-state index is 13.0. The molecule has 38 heavy (non-hydrogen) atoms. The van der Waals surface area contributed by atoms with Crippen molar-refractivity contribution in [2.75, 3.05) is 48.4 Å². The molecular weight excluding hydrogens is 480 g/mol. The van der Waals surface area contributed by atoms with Crippen molar-refractivity contribution in [3.05, 3.63) is 66.5 Å². The van der Waals surface area contributed by atoms with Crippen molar-refractivity contribution in [3.8, 4) is 16.9 Å². The lowest BCUT2D eigenvalue weighted by Gasteiger charge is -2.27. The Balaban J connectivity index is 1.32. The Kier molecular flexibility index (Phi) is 7.94. The quantitative estimate of drug-likeness (QED) is 0.266. The molecule has 3 N–H and O–H groups in total. The molecule has 1 saturated heterocycles. The summed E-state index contributed by atoms with van der Waals surface area (Å²) in [7, 11) is 0. The van der Waals surface area contributed by atoms with Crippen LogP contribution in [0.15, 0.2) is 60.9 Å². The first-order valence-electron chi connectivity index (χ1n) is 13.0. The van der Waals surface area contributed by atoms with Crippen LogP contribution in [0.1, 0.15) is 36.5 Å². The molecule has 9 nitrogen and oxygen atoms in total. The van der Waals surface area contributed by atoms with Gasteiger partial charge in [-0.15, -0.1) is 0 Å². The van der Waals surface area contributed by atoms with Crippen LogP contribution in [0, 0.1) is 0 Å². The average Bonchev–Trinajstić information content (AvgIpc) is 2.95. The molecule has 9 heteroatoms. The number of ether oxygens (including phenoxy) is 1. The molecule has 1 amide bonds. The zero-order valence-corrected chi connectivity index (χ0v) is 21.5. The number of aromatic hydroxyl groups is 1. The van der Waals surface area contributed by atoms with E-state index in [-0.39, 0.29) is 11.7 Å². The minimum absolute atomic E-state index is 0.112. The van der Waals surface area contributed by atoms with Gasteiger partial charge in [0.05, 0.1) is 18.7 Å². The molecule has 0 atom stereocenters. The van der Waals surface area contributed by atoms with Crippen LogP contribution in [-0.4, -0.2) is 58.8 Å². The van der Waals surface area contributed by atoms with Crippen molar-refractivity contribution < 1.29 is 14.6 Å². The number of unbranched alkanes of at least 4 members (excludes halogenated alkanes) is 2. The molecule has 1 aliphatic rings. The van der Waals surface area contributed by atoms with Gasteiger partial charge in [0.15, 0.2) is 0 Å². The Morgan fingerprint density at radius 3 is 2.79 bits per heavy atom. The number of nitrogens with one attached hydrogen (secondary N) is 2. The first-order valence-corrected chi connectivity index (χ1v) is 13.0. The van der Waals surface area contributed by atoms with Gasteiger partial charge >= 0.3 is 0 Å². The predicted molar refractivity (Wildman–Crippen MR) is 150 cm³/mol. The van der Waals surface area contributed by atoms with Gasteiger partial charge in [-0.05, 0) is 42.3 Å². The van der Waals surface area contributed by atoms with Crippen LogP contribution in [0.4, 0.5) is 17.5 Å². The molecule has 0 aliphatic carbocycles. The van der Waals surface area contributed by atoms with E-state index < -0.39 is 0 Å². The smallest absolute Gasteiger partial charge is 0.255 e. The topological polar surface area (TPSA) is 112 Å². The van der Waals surface area contributed by atoms with E-state index >= 15 is 0 Å². The highest BCUT2D eigenvalue weighted by Crippen LogP contribution is 2.34. The van der Waals surface area contributed by atoms with Gasteiger partial charge in [-0.25, -0.2) is 15.0 Å². The van der Waals surface area contributed by atoms with E-state index in [1.807, 2.05) is 30.3 Å². The second-order valence-electron chi connectivity index (χ2n) is 9.29. The summed E-state index contributed by atoms with van der Waals surface area (Å²) >= 11 is 0. The van der Waals surface area contributed by atoms with Crippen LogP contribution in [0.25, 0.3) is 22.0 Å². The number of anilines is 3. The molecule has 0 spiro atoms. The summed E-state index contributed by atoms with van der Waals surface area (Å²) in [4.78, 5) is 28.5. The molecule has 1 fully saturated rings. The maximum atomic E-state index is 13.0. The molecule has 5 rings (SSSR count). The SMILES string of the molecule is CCCCCNc1ncc2cc(-c3cccc(NC(=O)c4ccnc(N5CCOCC5)c4)c3)c(O)cc2n1. The predicted octanol–water partition coefficient (Wildman–Crippen LogP) is 5.09. The van der Waals surface area contributed by atoms with Crippen LogP contribution in [-0.2, 0) is 4.74 Å². The van der Waals surface area contributed by atoms with Gasteiger partial charge in [0.1, 0.15) is 11.6 Å². The number of morpholine rings is 1. The highest BCUT2D eigenvalue weighted by Gasteiger charge is 2.15. The third-order valence-electron chi connectivity index (χ3n) is 6.53. The molecule has 0 saturated carbocycles. The average molecular weight is 513 g/mol. The first-order chi connectivity index (χ1) is 18.6. The lowest BCUT2D eigenvalue weighted by atomic mass is 10.0. The van der Waals surface area contributed by atoms with Gasteiger partial charge in [0, 0.05) is 60.3 Å². The molecule has 2 aromatic heterocycles. The van der Waals surface area contributed by atoms with Crippen LogP contribution < -0.4 is 15.5 Å². The number of fused-ring (bicyclic) bond motifs is 1. The second-order valence-corrected chi connectivity index (χ2v) is 9.29. The normalized spacial score (nSPS) is 13.4. The fourth-order valence-corrected chi connectivity index (χ4v) is 4.45. The Bertz CT molecular complexity index is 1420. The molecule has 4 aromatic rings. The Labute approximate surface area is 221 Å². The van der Waals surface area contributed by atoms with E-state index in [1.54, 1.807) is 30.6 Å². The number of pyridine rings is 1. The maximum Gasteiger partial charge on any atom is 0.255 e. The summed E-state index contributed by atoms with van der Waals surface area (Å²) in [6.45, 7) is 5.77. The molecular formula is C29H32N6O3. The third-order valence-corrected chi connectivity index (χ3v) is 6.53. The van der Waals surface area contributed by atoms with Gasteiger partial charge in [-0.2, -0.15) is 0 Å². The zero-order valence-electron chi connectivity index (χ0n) is 21.5. The summed E-state index contributed by atoms with van der Waals surface area (Å²) in [6, 6.07) is 14.4. The zero-order chi connectivity index (χ0) is 26.3. The summed E-state index contributed by atoms with van der Waals surface area (Å²) in [5.74, 6) is 1.20. The summed E-state index contributed by atoms with van der Waals surface area (Å²) in [6.07, 6.45) is 6.78. The number of rotatable bonds is 9. The van der Waals surface area contributed by atoms with E-state index in [0.29, 0.717) is 41.5 Å². The number of carbonyl (C=O) groups is 1. The number of phenolic OH excluding ortho intramolecular Hbond substituents is 1. The van der Waals surface area contributed by atoms with E-state index in [0.717, 1.165) is 55.7 Å². The van der Waals surface area contributed by atoms with Crippen LogP contribution in [0.2, 0.25) is 0 Å². The number of carbonyl (C=O) groups excluding carboxylic acids is 1. The van der Waals surface area contributed by atoms with Crippen molar-refractivity contribution in [3.63, 3.8) is 0 Å². The summed E-state index contributed by atoms with van der Waals surface area (Å²) in [5, 5.41) is 17.8. The van der Waals surface area contributed by atoms with Crippen molar-refractivity contribution in [1.29, 1.82) is 0 Å². The molecule has 0 bridgehead atoms. The number of hydrogen-bond donors (Lipinski definition) is 3. The van der Waals surface area contributed by atoms with Crippen molar-refractivity contribution >= 4 is 34.3 Å². The van der Waals surface area contributed by atoms with Crippen molar-refractivity contribution in [1.82, 2.24) is 15.0 Å². The lowest BCUT2D eigenvalue weighted by Crippen LogP contribution is -2.36. The molecule has 0 unspecified atom stereocenters. The van der Waals surface area contributed by atoms with Crippen molar-refractivity contribution in [2.45, 2.75) is 26.2 Å². The fourth-order valence-electron chi connectivity index (χ4n) is 4.45. The van der Waals surface area contributed by atoms with E-state index in [9.17, 15) is 9.90 Å². The molecule has 196 valence electrons. The van der Waals surface area contributed by atoms with Crippen molar-refractivity contribution in [2.24, 2.45) is 0 Å². The van der Waals surface area contributed by atoms with Gasteiger partial charge in [-0.3, -0.25) is 4.79 Å². The number of nitrogens with zero attached hydrogens (tertiary/aromatic N) is 4. The molecule has 3 heterocycles. The second kappa shape index (κ2) is 11.9. The standard InChI is InChI=1S/C29H32N6O3/c1-2-3-4-9-31-29-32-19-22-16-24(26(36)18-25(22)34-29)20-6-5-7-23(15-20)33-28(37)21-8-10-30-27(17-21)35-11-13-38-14-12-35/h5-8,10,15-19,36H,2-4,9,11-14H2,1H3,(H,33,37)(H,31,32,34). The highest BCUT2D eigenvalue weighted by molar-refractivity contribution is 6.05. The van der Waals surface area contributed by atoms with Gasteiger partial charge in [-0.1, -0.05) is 31.9 Å². The Morgan fingerprint density at radius 2 is 1.95 bits per heavy atom. The minimum atomic E-state index is -0.228. The summed E-state index contributed by atoms with van der Waals surface area (Å²) in [5.41, 5.74) is 3.22. The van der Waals surface area contributed by atoms with E-state index in [2.05, 4.69) is 37.4 Å². The number of amides is 1. The van der Waals surface area contributed by atoms with E-state index in [1.165, 1.54) is 0 Å². The third kappa shape index (κ3) is 6.00. The summed E-state index contributed by atoms with van der Waals surface area (Å²) < 4.78 is 5.41. The largest absolute Gasteiger partial charge is 0.507 e. The van der Waals surface area contributed by atoms with Gasteiger partial charge in [0.25, 0.3) is 5.91 Å². The Morgan fingerprint density at radius 1 is 1.08 bits per heavy atom. The van der Waals surface area contributed by atoms with Crippen LogP contribution in [0.5, 0.6) is 5.75 Å². The fraction of sp³-hybridized carbons (Fsp3) is 0.310. The molecule has 1 aliphatic heterocycles. The van der Waals surface area contributed by atoms with Gasteiger partial charge < -0.3 is 25.4 Å². The molecule has 0 radical (unpaired) electrons. The Hall–Kier alpha value is -4.24. The van der Waals surface area contributed by atoms with Crippen LogP contribution >= 0.6 is 0 Å². The number of aromatic nitrogens is 3.